The zero-order valence-electron chi connectivity index (χ0n) is 15.0. The van der Waals surface area contributed by atoms with E-state index in [1.54, 1.807) is 36.8 Å². The minimum absolute atomic E-state index is 0.0397. The molecule has 0 saturated heterocycles. The van der Waals surface area contributed by atoms with Crippen molar-refractivity contribution in [3.63, 3.8) is 0 Å². The smallest absolute Gasteiger partial charge is 0.187 e. The molecule has 0 spiro atoms. The summed E-state index contributed by atoms with van der Waals surface area (Å²) in [5.74, 6) is 0. The second kappa shape index (κ2) is 7.02. The summed E-state index contributed by atoms with van der Waals surface area (Å²) in [6, 6.07) is 9.31. The third-order valence-corrected chi connectivity index (χ3v) is 5.83. The second-order valence-corrected chi connectivity index (χ2v) is 7.84. The van der Waals surface area contributed by atoms with Crippen molar-refractivity contribution in [3.05, 3.63) is 70.9 Å². The summed E-state index contributed by atoms with van der Waals surface area (Å²) >= 11 is 12.9. The molecule has 5 nitrogen and oxygen atoms in total. The fraction of sp³-hybridized carbons (Fsp3) is 0.0500. The van der Waals surface area contributed by atoms with E-state index in [-0.39, 0.29) is 12.3 Å². The van der Waals surface area contributed by atoms with Crippen LogP contribution < -0.4 is 0 Å². The maximum atomic E-state index is 12.8. The summed E-state index contributed by atoms with van der Waals surface area (Å²) in [5.41, 5.74) is 5.48. The molecule has 0 unspecified atom stereocenters. The first-order chi connectivity index (χ1) is 14.1. The monoisotopic (exact) mass is 443 g/mol. The number of imidazole rings is 1. The number of nitrogens with zero attached hydrogens (tertiary/aromatic N) is 5. The van der Waals surface area contributed by atoms with Gasteiger partial charge in [0, 0.05) is 46.4 Å². The zero-order chi connectivity index (χ0) is 20.1. The molecule has 29 heavy (non-hydrogen) atoms. The molecular formula is C20H12Cl2FN5S. The molecule has 9 heteroatoms. The van der Waals surface area contributed by atoms with Crippen LogP contribution in [0.5, 0.6) is 0 Å². The molecule has 1 aromatic carbocycles. The molecule has 0 radical (unpaired) electrons. The van der Waals surface area contributed by atoms with Gasteiger partial charge in [0.15, 0.2) is 12.3 Å². The van der Waals surface area contributed by atoms with Gasteiger partial charge in [-0.25, -0.2) is 4.98 Å². The molecule has 0 fully saturated rings. The number of hydrogen-bond acceptors (Lipinski definition) is 4. The minimum Gasteiger partial charge on any atom is -0.303 e. The first kappa shape index (κ1) is 18.4. The number of fused-ring (bicyclic) bond motifs is 3. The molecule has 0 atom stereocenters. The minimum atomic E-state index is 0.0397. The standard InChI is InChI=1S/C20H12Cl2FN5S/c1-11-19(18-15(21)3-2-4-16(18)22)26-20-14-7-12(13-9-25-28(10-13)29-23)8-24-17(14)5-6-27(11)20/h2-10H,1H3. The topological polar surface area (TPSA) is 48.0 Å². The average molecular weight is 444 g/mol. The Kier molecular flexibility index (Phi) is 4.46. The lowest BCUT2D eigenvalue weighted by atomic mass is 10.1. The molecule has 0 bridgehead atoms. The Morgan fingerprint density at radius 1 is 1.07 bits per heavy atom. The largest absolute Gasteiger partial charge is 0.303 e. The van der Waals surface area contributed by atoms with Crippen LogP contribution in [0, 0.1) is 6.92 Å². The van der Waals surface area contributed by atoms with Crippen LogP contribution in [0.25, 0.3) is 38.9 Å². The molecule has 4 aromatic heterocycles. The summed E-state index contributed by atoms with van der Waals surface area (Å²) in [6.07, 6.45) is 6.88. The number of halogens is 3. The van der Waals surface area contributed by atoms with Crippen molar-refractivity contribution in [1.29, 1.82) is 0 Å². The lowest BCUT2D eigenvalue weighted by Crippen LogP contribution is -1.91. The fourth-order valence-corrected chi connectivity index (χ4v) is 4.24. The first-order valence-corrected chi connectivity index (χ1v) is 10.1. The van der Waals surface area contributed by atoms with Crippen molar-refractivity contribution < 1.29 is 3.89 Å². The predicted molar refractivity (Wildman–Crippen MR) is 116 cm³/mol. The average Bonchev–Trinajstić information content (AvgIpc) is 3.33. The van der Waals surface area contributed by atoms with Gasteiger partial charge in [0.05, 0.1) is 27.5 Å². The van der Waals surface area contributed by atoms with E-state index in [0.717, 1.165) is 43.2 Å². The molecule has 144 valence electrons. The van der Waals surface area contributed by atoms with Crippen LogP contribution in [-0.4, -0.2) is 23.6 Å². The van der Waals surface area contributed by atoms with Crippen molar-refractivity contribution in [1.82, 2.24) is 23.6 Å². The van der Waals surface area contributed by atoms with Gasteiger partial charge < -0.3 is 4.40 Å². The van der Waals surface area contributed by atoms with Crippen molar-refractivity contribution in [2.24, 2.45) is 0 Å². The molecule has 0 aliphatic rings. The van der Waals surface area contributed by atoms with Crippen LogP contribution in [0.2, 0.25) is 10.0 Å². The number of pyridine rings is 2. The van der Waals surface area contributed by atoms with Gasteiger partial charge in [-0.2, -0.15) is 9.19 Å². The van der Waals surface area contributed by atoms with Gasteiger partial charge in [0.2, 0.25) is 0 Å². The molecule has 0 amide bonds. The molecule has 5 rings (SSSR count). The van der Waals surface area contributed by atoms with E-state index >= 15 is 0 Å². The van der Waals surface area contributed by atoms with Crippen molar-refractivity contribution in [2.45, 2.75) is 6.92 Å². The highest BCUT2D eigenvalue weighted by Gasteiger charge is 2.18. The van der Waals surface area contributed by atoms with E-state index in [9.17, 15) is 3.89 Å². The van der Waals surface area contributed by atoms with Crippen LogP contribution in [0.15, 0.2) is 55.1 Å². The highest BCUT2D eigenvalue weighted by Crippen LogP contribution is 2.37. The summed E-state index contributed by atoms with van der Waals surface area (Å²) in [5, 5.41) is 5.91. The second-order valence-electron chi connectivity index (χ2n) is 6.51. The lowest BCUT2D eigenvalue weighted by molar-refractivity contribution is 0.878. The molecule has 0 aliphatic carbocycles. The van der Waals surface area contributed by atoms with Gasteiger partial charge in [0.25, 0.3) is 0 Å². The number of rotatable bonds is 3. The predicted octanol–water partition coefficient (Wildman–Crippen LogP) is 6.41. The Morgan fingerprint density at radius 2 is 1.86 bits per heavy atom. The van der Waals surface area contributed by atoms with Crippen LogP contribution in [-0.2, 0) is 0 Å². The van der Waals surface area contributed by atoms with Gasteiger partial charge in [-0.3, -0.25) is 4.98 Å². The SMILES string of the molecule is Cc1c(-c2c(Cl)cccc2Cl)nc2c3cc(-c4cnn(SF)c4)cnc3ccn12. The number of benzene rings is 1. The molecule has 0 N–H and O–H groups in total. The third kappa shape index (κ3) is 2.97. The fourth-order valence-electron chi connectivity index (χ4n) is 3.43. The highest BCUT2D eigenvalue weighted by atomic mass is 35.5. The maximum Gasteiger partial charge on any atom is 0.187 e. The van der Waals surface area contributed by atoms with Gasteiger partial charge in [-0.15, -0.1) is 3.89 Å². The van der Waals surface area contributed by atoms with E-state index < -0.39 is 0 Å². The Balaban J connectivity index is 1.77. The summed E-state index contributed by atoms with van der Waals surface area (Å²) in [4.78, 5) is 9.40. The summed E-state index contributed by atoms with van der Waals surface area (Å²) < 4.78 is 15.9. The van der Waals surface area contributed by atoms with E-state index in [0.29, 0.717) is 15.6 Å². The van der Waals surface area contributed by atoms with Crippen molar-refractivity contribution in [2.75, 3.05) is 0 Å². The van der Waals surface area contributed by atoms with E-state index in [1.807, 2.05) is 29.7 Å². The molecular weight excluding hydrogens is 432 g/mol. The Bertz CT molecular complexity index is 1370. The maximum absolute atomic E-state index is 12.8. The van der Waals surface area contributed by atoms with Crippen LogP contribution in [0.4, 0.5) is 3.89 Å². The number of aromatic nitrogens is 5. The van der Waals surface area contributed by atoms with Crippen LogP contribution in [0.3, 0.4) is 0 Å². The van der Waals surface area contributed by atoms with Gasteiger partial charge >= 0.3 is 0 Å². The molecule has 0 aliphatic heterocycles. The molecule has 4 heterocycles. The lowest BCUT2D eigenvalue weighted by Gasteiger charge is -2.05. The Morgan fingerprint density at radius 3 is 2.59 bits per heavy atom. The van der Waals surface area contributed by atoms with E-state index in [4.69, 9.17) is 28.2 Å². The number of hydrogen-bond donors (Lipinski definition) is 0. The Hall–Kier alpha value is -2.61. The third-order valence-electron chi connectivity index (χ3n) is 4.85. The summed E-state index contributed by atoms with van der Waals surface area (Å²) in [7, 11) is 0. The van der Waals surface area contributed by atoms with Crippen LogP contribution >= 0.6 is 35.5 Å². The molecule has 5 aromatic rings. The van der Waals surface area contributed by atoms with Gasteiger partial charge in [-0.05, 0) is 31.2 Å². The van der Waals surface area contributed by atoms with Gasteiger partial charge in [0.1, 0.15) is 5.65 Å². The van der Waals surface area contributed by atoms with Gasteiger partial charge in [-0.1, -0.05) is 29.3 Å². The Labute approximate surface area is 179 Å². The van der Waals surface area contributed by atoms with E-state index in [2.05, 4.69) is 10.1 Å². The molecule has 0 saturated carbocycles. The van der Waals surface area contributed by atoms with Crippen LogP contribution in [0.1, 0.15) is 5.69 Å². The number of aryl methyl sites for hydroxylation is 1. The summed E-state index contributed by atoms with van der Waals surface area (Å²) in [6.45, 7) is 1.97. The highest BCUT2D eigenvalue weighted by molar-refractivity contribution is 7.92. The van der Waals surface area contributed by atoms with Crippen molar-refractivity contribution in [3.8, 4) is 22.4 Å². The first-order valence-electron chi connectivity index (χ1n) is 8.63. The quantitative estimate of drug-likeness (QED) is 0.323. The zero-order valence-corrected chi connectivity index (χ0v) is 17.3. The van der Waals surface area contributed by atoms with Crippen molar-refractivity contribution >= 4 is 52.1 Å². The normalized spacial score (nSPS) is 11.6. The van der Waals surface area contributed by atoms with E-state index in [1.165, 1.54) is 0 Å².